The summed E-state index contributed by atoms with van der Waals surface area (Å²) in [4.78, 5) is 90.1. The summed E-state index contributed by atoms with van der Waals surface area (Å²) < 4.78 is 67.5. The van der Waals surface area contributed by atoms with E-state index in [-0.39, 0.29) is 140 Å². The standard InChI is InChI=1S/2C23H15N5O10S.Cr.3Na/c2*29-21-16-9-14(24-23(31)12-4-2-1-3-5-12)7-6-13(16)8-19(39(36,37)38)20(21)26-25-17-10-15(27(32)33)11-18(22(17)30)28(34)35;;;;/h2*1-11,25,30H,(H,24,31)(H,36,37,38);;;;/q;;;3*+1/b2*26-20-;;;;. The van der Waals surface area contributed by atoms with Gasteiger partial charge in [-0.25, -0.2) is 0 Å². The van der Waals surface area contributed by atoms with Gasteiger partial charge in [0, 0.05) is 63.1 Å². The minimum Gasteiger partial charge on any atom is -0.501 e. The van der Waals surface area contributed by atoms with Crippen LogP contribution in [0.3, 0.4) is 0 Å². The molecule has 0 aliphatic heterocycles. The van der Waals surface area contributed by atoms with Crippen molar-refractivity contribution in [2.75, 3.05) is 21.5 Å². The van der Waals surface area contributed by atoms with Crippen molar-refractivity contribution in [3.63, 3.8) is 0 Å². The molecule has 2 amide bonds. The average molecular weight is 1230 g/mol. The van der Waals surface area contributed by atoms with Gasteiger partial charge < -0.3 is 20.8 Å². The first kappa shape index (κ1) is 68.8. The topological polar surface area (TPSA) is 463 Å². The van der Waals surface area contributed by atoms with E-state index in [4.69, 9.17) is 0 Å². The molecule has 82 heavy (non-hydrogen) atoms. The number of rotatable bonds is 14. The Labute approximate surface area is 536 Å². The normalized spacial score (nSPS) is 13.1. The van der Waals surface area contributed by atoms with Crippen molar-refractivity contribution in [3.8, 4) is 11.5 Å². The number of ketones is 2. The van der Waals surface area contributed by atoms with Crippen LogP contribution in [0.5, 0.6) is 11.5 Å². The summed E-state index contributed by atoms with van der Waals surface area (Å²) in [5, 5.41) is 77.3. The average Bonchev–Trinajstić information content (AvgIpc) is 3.38. The fourth-order valence-electron chi connectivity index (χ4n) is 7.10. The Balaban J connectivity index is 0.000000410. The summed E-state index contributed by atoms with van der Waals surface area (Å²) >= 11 is 0. The third-order valence-corrected chi connectivity index (χ3v) is 12.5. The number of phenols is 2. The summed E-state index contributed by atoms with van der Waals surface area (Å²) in [5.41, 5.74) is -2.05. The number of allylic oxidation sites excluding steroid dienone is 2. The van der Waals surface area contributed by atoms with Crippen LogP contribution in [0, 0.1) is 40.5 Å². The van der Waals surface area contributed by atoms with Crippen LogP contribution in [-0.2, 0) is 37.6 Å². The molecule has 36 heteroatoms. The molecule has 0 unspecified atom stereocenters. The van der Waals surface area contributed by atoms with Crippen molar-refractivity contribution in [2.45, 2.75) is 0 Å². The van der Waals surface area contributed by atoms with Gasteiger partial charge in [0.2, 0.25) is 23.1 Å². The number of amides is 2. The number of benzene rings is 6. The number of fused-ring (bicyclic) bond motifs is 2. The monoisotopic (exact) mass is 1230 g/mol. The van der Waals surface area contributed by atoms with Crippen LogP contribution < -0.4 is 110 Å². The molecule has 402 valence electrons. The largest absolute Gasteiger partial charge is 1.00 e. The molecule has 8 rings (SSSR count). The van der Waals surface area contributed by atoms with Crippen LogP contribution >= 0.6 is 0 Å². The van der Waals surface area contributed by atoms with Gasteiger partial charge in [0.1, 0.15) is 21.2 Å². The SMILES string of the molecule is O=C(Nc1ccc2c(c1)C(=O)/C(=N\Nc1cc([N+](=O)[O-])cc([N+](=O)[O-])c1O)C(S(=O)(=O)O)=C2)c1ccccc1.O=C(Nc1ccc2c(c1)C(=O)/C(=N\Nc1cc([N+](=O)[O-])cc([N+](=O)[O-])c1O)C(S(=O)(=O)O)=C2)c1ccccc1.[Cr].[Na+].[Na+].[Na+]. The number of Topliss-reactive ketones (excluding diaryl/α,β-unsaturated/α-hetero) is 2. The Bertz CT molecular complexity index is 3750. The predicted molar refractivity (Wildman–Crippen MR) is 274 cm³/mol. The summed E-state index contributed by atoms with van der Waals surface area (Å²) in [5.74, 6) is -5.26. The smallest absolute Gasteiger partial charge is 0.501 e. The number of hydrogen-bond acceptors (Lipinski definition) is 22. The fourth-order valence-corrected chi connectivity index (χ4v) is 8.42. The molecule has 6 aromatic rings. The molecule has 0 saturated carbocycles. The van der Waals surface area contributed by atoms with Gasteiger partial charge in [-0.2, -0.15) is 27.0 Å². The molecule has 0 heterocycles. The van der Waals surface area contributed by atoms with Gasteiger partial charge in [0.25, 0.3) is 43.4 Å². The maximum Gasteiger partial charge on any atom is 1.00 e. The van der Waals surface area contributed by atoms with Crippen LogP contribution in [0.15, 0.2) is 141 Å². The molecule has 8 N–H and O–H groups in total. The number of non-ortho nitro benzene ring substituents is 2. The van der Waals surface area contributed by atoms with Gasteiger partial charge in [0.15, 0.2) is 11.4 Å². The van der Waals surface area contributed by atoms with Crippen molar-refractivity contribution in [3.05, 3.63) is 205 Å². The summed E-state index contributed by atoms with van der Waals surface area (Å²) in [7, 11) is -10.1. The predicted octanol–water partition coefficient (Wildman–Crippen LogP) is -2.28. The minimum atomic E-state index is -5.05. The number of nitrogens with one attached hydrogen (secondary N) is 4. The number of phenolic OH excluding ortho intramolecular Hbond substituents is 2. The van der Waals surface area contributed by atoms with Crippen LogP contribution in [0.2, 0.25) is 0 Å². The van der Waals surface area contributed by atoms with Crippen LogP contribution in [0.1, 0.15) is 52.6 Å². The number of nitrogens with zero attached hydrogens (tertiary/aromatic N) is 6. The Morgan fingerprint density at radius 2 is 0.817 bits per heavy atom. The first-order chi connectivity index (χ1) is 36.7. The molecule has 0 atom stereocenters. The molecular weight excluding hydrogens is 1200 g/mol. The number of carbonyl (C=O) groups excluding carboxylic acids is 4. The summed E-state index contributed by atoms with van der Waals surface area (Å²) in [6.07, 6.45) is 1.84. The maximum atomic E-state index is 13.3. The van der Waals surface area contributed by atoms with E-state index in [9.17, 15) is 95.8 Å². The molecule has 30 nitrogen and oxygen atoms in total. The number of nitro groups is 4. The van der Waals surface area contributed by atoms with E-state index in [0.717, 1.165) is 12.2 Å². The molecule has 0 saturated heterocycles. The number of hydrogen-bond donors (Lipinski definition) is 8. The summed E-state index contributed by atoms with van der Waals surface area (Å²) in [6.45, 7) is 0. The number of hydrazone groups is 2. The molecular formula is C46H30CrN10Na3O20S2+3. The molecule has 2 aliphatic carbocycles. The van der Waals surface area contributed by atoms with Crippen molar-refractivity contribution < 1.29 is 181 Å². The Hall–Kier alpha value is -7.43. The molecule has 0 aromatic heterocycles. The zero-order chi connectivity index (χ0) is 57.0. The van der Waals surface area contributed by atoms with Crippen LogP contribution in [0.4, 0.5) is 45.5 Å². The fraction of sp³-hybridized carbons (Fsp3) is 0. The van der Waals surface area contributed by atoms with Gasteiger partial charge in [-0.1, -0.05) is 48.5 Å². The molecule has 2 aliphatic rings. The second kappa shape index (κ2) is 28.5. The van der Waals surface area contributed by atoms with E-state index in [1.54, 1.807) is 60.7 Å². The van der Waals surface area contributed by atoms with E-state index >= 15 is 0 Å². The maximum absolute atomic E-state index is 13.3. The van der Waals surface area contributed by atoms with Gasteiger partial charge >= 0.3 is 100 Å². The van der Waals surface area contributed by atoms with E-state index in [1.165, 1.54) is 36.4 Å². The Morgan fingerprint density at radius 1 is 0.488 bits per heavy atom. The van der Waals surface area contributed by atoms with Crippen molar-refractivity contribution >= 4 is 113 Å². The second-order valence-electron chi connectivity index (χ2n) is 15.8. The molecule has 0 radical (unpaired) electrons. The van der Waals surface area contributed by atoms with Crippen molar-refractivity contribution in [1.29, 1.82) is 0 Å². The quantitative estimate of drug-likeness (QED) is 0.0187. The minimum absolute atomic E-state index is 0. The molecule has 0 fully saturated rings. The first-order valence-electron chi connectivity index (χ1n) is 21.2. The summed E-state index contributed by atoms with van der Waals surface area (Å²) in [6, 6.07) is 26.5. The van der Waals surface area contributed by atoms with E-state index in [2.05, 4.69) is 20.8 Å². The zero-order valence-electron chi connectivity index (χ0n) is 41.9. The Kier molecular flexibility index (Phi) is 23.9. The van der Waals surface area contributed by atoms with Crippen molar-refractivity contribution in [2.24, 2.45) is 10.2 Å². The van der Waals surface area contributed by atoms with Gasteiger partial charge in [0.05, 0.1) is 31.8 Å². The van der Waals surface area contributed by atoms with E-state index in [0.29, 0.717) is 35.4 Å². The number of anilines is 4. The third kappa shape index (κ3) is 16.0. The van der Waals surface area contributed by atoms with Gasteiger partial charge in [-0.15, -0.1) is 0 Å². The number of carbonyl (C=O) groups is 4. The van der Waals surface area contributed by atoms with Gasteiger partial charge in [-0.3, -0.25) is 79.6 Å². The third-order valence-electron chi connectivity index (χ3n) is 10.7. The molecule has 0 spiro atoms. The van der Waals surface area contributed by atoms with Crippen molar-refractivity contribution in [1.82, 2.24) is 0 Å². The van der Waals surface area contributed by atoms with Gasteiger partial charge in [-0.05, 0) is 71.8 Å². The second-order valence-corrected chi connectivity index (χ2v) is 18.5. The Morgan fingerprint density at radius 3 is 1.11 bits per heavy atom. The number of nitro benzene ring substituents is 4. The first-order valence-corrected chi connectivity index (χ1v) is 24.1. The zero-order valence-corrected chi connectivity index (χ0v) is 50.8. The van der Waals surface area contributed by atoms with Crippen LogP contribution in [0.25, 0.3) is 12.2 Å². The number of aromatic hydroxyl groups is 2. The van der Waals surface area contributed by atoms with E-state index < -0.39 is 130 Å². The molecule has 6 aromatic carbocycles. The molecule has 0 bridgehead atoms. The van der Waals surface area contributed by atoms with E-state index in [1.807, 2.05) is 10.9 Å². The van der Waals surface area contributed by atoms with Crippen LogP contribution in [-0.4, -0.2) is 90.7 Å².